The van der Waals surface area contributed by atoms with Crippen molar-refractivity contribution >= 4 is 40.5 Å². The molecule has 0 fully saturated rings. The Morgan fingerprint density at radius 1 is 0.981 bits per heavy atom. The van der Waals surface area contributed by atoms with Crippen molar-refractivity contribution in [3.8, 4) is 16.9 Å². The lowest BCUT2D eigenvalue weighted by molar-refractivity contribution is -0.146. The number of hydrogen-bond donors (Lipinski definition) is 2. The van der Waals surface area contributed by atoms with Gasteiger partial charge in [-0.05, 0) is 122 Å². The Balaban J connectivity index is 1.34. The van der Waals surface area contributed by atoms with Crippen molar-refractivity contribution in [1.29, 1.82) is 0 Å². The second-order valence-electron chi connectivity index (χ2n) is 14.0. The van der Waals surface area contributed by atoms with E-state index in [1.165, 1.54) is 0 Å². The van der Waals surface area contributed by atoms with Crippen molar-refractivity contribution in [2.24, 2.45) is 5.41 Å². The molecule has 0 unspecified atom stereocenters. The van der Waals surface area contributed by atoms with Crippen LogP contribution in [-0.2, 0) is 37.8 Å². The number of aliphatic carboxylic acids is 1. The minimum absolute atomic E-state index is 0.210. The zero-order valence-corrected chi connectivity index (χ0v) is 32.1. The van der Waals surface area contributed by atoms with E-state index in [1.54, 1.807) is 50.6 Å². The number of nitrogens with one attached hydrogen (secondary N) is 1. The summed E-state index contributed by atoms with van der Waals surface area (Å²) in [6.45, 7) is 11.2. The number of benzene rings is 3. The minimum Gasteiger partial charge on any atom is -0.611 e. The van der Waals surface area contributed by atoms with E-state index in [-0.39, 0.29) is 5.91 Å². The first-order chi connectivity index (χ1) is 25.6. The third-order valence-electron chi connectivity index (χ3n) is 9.27. The smallest absolute Gasteiger partial charge is 0.310 e. The molecule has 53 heavy (non-hydrogen) atoms. The summed E-state index contributed by atoms with van der Waals surface area (Å²) in [6.07, 6.45) is 9.75. The van der Waals surface area contributed by atoms with Gasteiger partial charge in [0.15, 0.2) is 10.6 Å². The van der Waals surface area contributed by atoms with Crippen molar-refractivity contribution in [2.45, 2.75) is 77.0 Å². The van der Waals surface area contributed by atoms with Crippen LogP contribution in [0.25, 0.3) is 17.2 Å². The molecule has 0 saturated heterocycles. The monoisotopic (exact) mass is 740 g/mol. The topological polar surface area (TPSA) is 129 Å². The number of aromatic nitrogens is 2. The molecule has 4 aromatic rings. The molecule has 282 valence electrons. The highest BCUT2D eigenvalue weighted by atomic mass is 32.2. The van der Waals surface area contributed by atoms with Crippen molar-refractivity contribution < 1.29 is 28.7 Å². The van der Waals surface area contributed by atoms with Gasteiger partial charge in [0.25, 0.3) is 5.91 Å². The number of fused-ring (bicyclic) bond motifs is 1. The van der Waals surface area contributed by atoms with Gasteiger partial charge in [-0.15, -0.1) is 0 Å². The minimum atomic E-state index is -1.26. The number of imidazole rings is 1. The molecule has 10 nitrogen and oxygen atoms in total. The number of aryl methyl sites for hydroxylation is 1. The summed E-state index contributed by atoms with van der Waals surface area (Å²) < 4.78 is 26.6. The zero-order chi connectivity index (χ0) is 37.8. The fourth-order valence-electron chi connectivity index (χ4n) is 6.21. The summed E-state index contributed by atoms with van der Waals surface area (Å²) in [5, 5.41) is 13.0. The summed E-state index contributed by atoms with van der Waals surface area (Å²) in [5.74, 6) is 0.0609. The van der Waals surface area contributed by atoms with Gasteiger partial charge in [0.05, 0.1) is 30.2 Å². The third kappa shape index (κ3) is 11.0. The Bertz CT molecular complexity index is 1840. The van der Waals surface area contributed by atoms with Crippen LogP contribution >= 0.6 is 0 Å². The fraction of sp³-hybridized carbons (Fsp3) is 0.405. The molecule has 5 rings (SSSR count). The fourth-order valence-corrected chi connectivity index (χ4v) is 7.32. The van der Waals surface area contributed by atoms with E-state index in [4.69, 9.17) is 9.47 Å². The summed E-state index contributed by atoms with van der Waals surface area (Å²) in [4.78, 5) is 32.9. The first-order valence-electron chi connectivity index (χ1n) is 18.5. The highest BCUT2D eigenvalue weighted by Crippen LogP contribution is 2.35. The number of nitrogens with zero attached hydrogens (tertiary/aromatic N) is 3. The van der Waals surface area contributed by atoms with Crippen LogP contribution in [0.15, 0.2) is 89.7 Å². The standard InChI is InChI=1S/C42H52N4O6S/c1-5-7-22-51-23-24-52-37-15-10-31(11-16-37)32-12-19-39-34(25-32)26-33(9-8-21-45(39)29-42(3,4)41(48)49)40(47)44-35-13-17-38(18-14-35)53(50)28-36-27-43-30-46(36)20-6-2/h10-19,25-27,30H,5-9,20-24,28-29H2,1-4H3,(H,44,47)(H,48,49)/b33-26+/t53-/m0/s1. The van der Waals surface area contributed by atoms with Gasteiger partial charge in [0.1, 0.15) is 12.4 Å². The van der Waals surface area contributed by atoms with Crippen LogP contribution in [0.5, 0.6) is 5.75 Å². The molecule has 2 N–H and O–H groups in total. The summed E-state index contributed by atoms with van der Waals surface area (Å²) >= 11 is -1.26. The van der Waals surface area contributed by atoms with Gasteiger partial charge in [-0.25, -0.2) is 4.98 Å². The van der Waals surface area contributed by atoms with Crippen molar-refractivity contribution in [1.82, 2.24) is 9.55 Å². The zero-order valence-electron chi connectivity index (χ0n) is 31.3. The van der Waals surface area contributed by atoms with Crippen LogP contribution in [0, 0.1) is 5.41 Å². The maximum Gasteiger partial charge on any atom is 0.310 e. The van der Waals surface area contributed by atoms with E-state index < -0.39 is 22.6 Å². The van der Waals surface area contributed by atoms with E-state index in [2.05, 4.69) is 35.1 Å². The first kappa shape index (κ1) is 39.6. The van der Waals surface area contributed by atoms with Gasteiger partial charge in [0.2, 0.25) is 0 Å². The molecule has 1 aromatic heterocycles. The van der Waals surface area contributed by atoms with Gasteiger partial charge < -0.3 is 33.9 Å². The average molecular weight is 741 g/mol. The van der Waals surface area contributed by atoms with Gasteiger partial charge in [-0.3, -0.25) is 9.59 Å². The molecule has 1 aliphatic heterocycles. The summed E-state index contributed by atoms with van der Waals surface area (Å²) in [5.41, 5.74) is 4.87. The number of anilines is 2. The Hall–Kier alpha value is -4.58. The number of rotatable bonds is 18. The Morgan fingerprint density at radius 2 is 1.74 bits per heavy atom. The second-order valence-corrected chi connectivity index (χ2v) is 15.5. The number of ether oxygens (including phenoxy) is 2. The van der Waals surface area contributed by atoms with E-state index in [9.17, 15) is 19.2 Å². The Labute approximate surface area is 316 Å². The van der Waals surface area contributed by atoms with Crippen LogP contribution < -0.4 is 15.0 Å². The predicted molar refractivity (Wildman–Crippen MR) is 212 cm³/mol. The second kappa shape index (κ2) is 19.0. The number of hydrogen-bond acceptors (Lipinski definition) is 7. The molecular formula is C42H52N4O6S. The van der Waals surface area contributed by atoms with E-state index >= 15 is 0 Å². The number of carbonyl (C=O) groups is 2. The lowest BCUT2D eigenvalue weighted by atomic mass is 9.91. The SMILES string of the molecule is CCCCOCCOc1ccc(-c2ccc3c(c2)/C=C(/C(=O)Nc2ccc([S@@+]([O-])Cc4cncn4CCC)cc2)CCCN3CC(C)(C)C(=O)O)cc1. The molecule has 0 radical (unpaired) electrons. The van der Waals surface area contributed by atoms with Crippen LogP contribution in [0.2, 0.25) is 0 Å². The molecule has 0 spiro atoms. The molecule has 0 bridgehead atoms. The third-order valence-corrected chi connectivity index (χ3v) is 10.6. The average Bonchev–Trinajstić information content (AvgIpc) is 3.57. The number of amides is 1. The lowest BCUT2D eigenvalue weighted by Gasteiger charge is -2.34. The highest BCUT2D eigenvalue weighted by Gasteiger charge is 2.31. The Morgan fingerprint density at radius 3 is 2.45 bits per heavy atom. The van der Waals surface area contributed by atoms with Crippen molar-refractivity contribution in [2.75, 3.05) is 43.1 Å². The largest absolute Gasteiger partial charge is 0.611 e. The molecule has 2 heterocycles. The predicted octanol–water partition coefficient (Wildman–Crippen LogP) is 8.20. The first-order valence-corrected chi connectivity index (χ1v) is 19.8. The molecular weight excluding hydrogens is 689 g/mol. The van der Waals surface area contributed by atoms with Crippen LogP contribution in [0.3, 0.4) is 0 Å². The van der Waals surface area contributed by atoms with Gasteiger partial charge in [-0.2, -0.15) is 0 Å². The maximum atomic E-state index is 13.8. The van der Waals surface area contributed by atoms with Crippen molar-refractivity contribution in [3.05, 3.63) is 96.1 Å². The normalized spacial score (nSPS) is 14.7. The molecule has 1 amide bonds. The quantitative estimate of drug-likeness (QED) is 0.0772. The van der Waals surface area contributed by atoms with E-state index in [0.29, 0.717) is 61.1 Å². The number of carboxylic acid groups (broad SMARTS) is 1. The summed E-state index contributed by atoms with van der Waals surface area (Å²) in [6, 6.07) is 21.2. The van der Waals surface area contributed by atoms with Crippen LogP contribution in [0.4, 0.5) is 11.4 Å². The van der Waals surface area contributed by atoms with Gasteiger partial charge in [0, 0.05) is 43.2 Å². The Kier molecular flexibility index (Phi) is 14.2. The lowest BCUT2D eigenvalue weighted by Crippen LogP contribution is -2.40. The van der Waals surface area contributed by atoms with Gasteiger partial charge >= 0.3 is 5.97 Å². The van der Waals surface area contributed by atoms with Crippen LogP contribution in [0.1, 0.15) is 71.1 Å². The highest BCUT2D eigenvalue weighted by molar-refractivity contribution is 7.90. The molecule has 3 aromatic carbocycles. The molecule has 11 heteroatoms. The molecule has 1 atom stereocenters. The van der Waals surface area contributed by atoms with E-state index in [1.807, 2.05) is 47.0 Å². The van der Waals surface area contributed by atoms with Crippen LogP contribution in [-0.4, -0.2) is 64.0 Å². The van der Waals surface area contributed by atoms with Crippen molar-refractivity contribution in [3.63, 3.8) is 0 Å². The maximum absolute atomic E-state index is 13.8. The number of carboxylic acids is 1. The number of carbonyl (C=O) groups excluding carboxylic acids is 1. The molecule has 0 saturated carbocycles. The van der Waals surface area contributed by atoms with Gasteiger partial charge in [-0.1, -0.05) is 38.5 Å². The van der Waals surface area contributed by atoms with E-state index in [0.717, 1.165) is 66.2 Å². The number of unbranched alkanes of at least 4 members (excludes halogenated alkanes) is 1. The summed E-state index contributed by atoms with van der Waals surface area (Å²) in [7, 11) is 0. The molecule has 0 aliphatic carbocycles. The molecule has 1 aliphatic rings.